The van der Waals surface area contributed by atoms with E-state index >= 15 is 0 Å². The van der Waals surface area contributed by atoms with Gasteiger partial charge in [0.05, 0.1) is 23.9 Å². The van der Waals surface area contributed by atoms with Crippen LogP contribution in [0.3, 0.4) is 0 Å². The Morgan fingerprint density at radius 1 is 1.26 bits per heavy atom. The molecule has 0 aliphatic carbocycles. The maximum absolute atomic E-state index is 12.2. The van der Waals surface area contributed by atoms with Crippen LogP contribution in [0, 0.1) is 6.92 Å². The Labute approximate surface area is 138 Å². The summed E-state index contributed by atoms with van der Waals surface area (Å²) < 4.78 is 1.84. The highest BCUT2D eigenvalue weighted by Crippen LogP contribution is 2.15. The van der Waals surface area contributed by atoms with E-state index in [1.807, 2.05) is 50.6 Å². The molecule has 126 valence electrons. The van der Waals surface area contributed by atoms with Crippen molar-refractivity contribution in [3.63, 3.8) is 0 Å². The van der Waals surface area contributed by atoms with Gasteiger partial charge in [-0.1, -0.05) is 19.9 Å². The van der Waals surface area contributed by atoms with Gasteiger partial charge >= 0.3 is 0 Å². The number of benzene rings is 1. The summed E-state index contributed by atoms with van der Waals surface area (Å²) in [4.78, 5) is 18.8. The monoisotopic (exact) mass is 316 g/mol. The van der Waals surface area contributed by atoms with Crippen LogP contribution in [0.5, 0.6) is 0 Å². The molecule has 1 aliphatic heterocycles. The molecule has 2 aromatic rings. The number of hydrogen-bond acceptors (Lipinski definition) is 4. The van der Waals surface area contributed by atoms with Crippen molar-refractivity contribution in [2.45, 2.75) is 46.3 Å². The zero-order valence-corrected chi connectivity index (χ0v) is 14.7. The van der Waals surface area contributed by atoms with Crippen molar-refractivity contribution in [1.29, 1.82) is 0 Å². The van der Waals surface area contributed by atoms with Gasteiger partial charge in [0.1, 0.15) is 0 Å². The van der Waals surface area contributed by atoms with Gasteiger partial charge in [-0.2, -0.15) is 0 Å². The number of nitrogens with one attached hydrogen (secondary N) is 1. The number of fused-ring (bicyclic) bond motifs is 1. The molecular weight excluding hydrogens is 288 g/mol. The van der Waals surface area contributed by atoms with Crippen LogP contribution in [0.2, 0.25) is 0 Å². The van der Waals surface area contributed by atoms with Crippen molar-refractivity contribution in [3.8, 4) is 0 Å². The Morgan fingerprint density at radius 3 is 2.61 bits per heavy atom. The lowest BCUT2D eigenvalue weighted by Crippen LogP contribution is -2.43. The summed E-state index contributed by atoms with van der Waals surface area (Å²) >= 11 is 0. The molecule has 0 amide bonds. The summed E-state index contributed by atoms with van der Waals surface area (Å²) in [6.45, 7) is 8.73. The van der Waals surface area contributed by atoms with E-state index in [1.54, 1.807) is 0 Å². The fourth-order valence-electron chi connectivity index (χ4n) is 2.98. The molecule has 1 aromatic heterocycles. The smallest absolute Gasteiger partial charge is 0.270 e. The second-order valence-corrected chi connectivity index (χ2v) is 5.84. The van der Waals surface area contributed by atoms with Gasteiger partial charge in [0, 0.05) is 19.1 Å². The van der Waals surface area contributed by atoms with Crippen LogP contribution in [0.25, 0.3) is 11.0 Å². The molecule has 1 aromatic carbocycles. The first-order chi connectivity index (χ1) is 11.2. The average molecular weight is 316 g/mol. The molecule has 0 unspecified atom stereocenters. The standard InChI is InChI=1S/C16H22N4O.C2H6/c1-12-3-4-14-15(9-12)20(16(21)10-18-14)11-19-7-5-13(17-2)6-8-19;1-2/h3-4,9-10,13,17H,5-8,11H2,1-2H3;1-2H3. The van der Waals surface area contributed by atoms with Crippen LogP contribution >= 0.6 is 0 Å². The summed E-state index contributed by atoms with van der Waals surface area (Å²) in [5, 5.41) is 3.33. The van der Waals surface area contributed by atoms with Crippen LogP contribution in [-0.4, -0.2) is 40.6 Å². The number of aryl methyl sites for hydroxylation is 1. The second-order valence-electron chi connectivity index (χ2n) is 5.84. The molecule has 1 saturated heterocycles. The van der Waals surface area contributed by atoms with Crippen molar-refractivity contribution in [1.82, 2.24) is 19.8 Å². The van der Waals surface area contributed by atoms with Crippen LogP contribution in [-0.2, 0) is 6.67 Å². The quantitative estimate of drug-likeness (QED) is 0.944. The van der Waals surface area contributed by atoms with Crippen molar-refractivity contribution in [2.75, 3.05) is 20.1 Å². The van der Waals surface area contributed by atoms with E-state index in [0.717, 1.165) is 42.5 Å². The Kier molecular flexibility index (Phi) is 6.30. The lowest BCUT2D eigenvalue weighted by molar-refractivity contribution is 0.162. The zero-order chi connectivity index (χ0) is 16.8. The zero-order valence-electron chi connectivity index (χ0n) is 14.7. The summed E-state index contributed by atoms with van der Waals surface area (Å²) in [5.74, 6) is 0. The highest BCUT2D eigenvalue weighted by atomic mass is 16.1. The molecule has 5 heteroatoms. The third-order valence-corrected chi connectivity index (χ3v) is 4.34. The molecule has 0 saturated carbocycles. The molecule has 1 fully saturated rings. The number of piperidine rings is 1. The molecule has 1 aliphatic rings. The molecule has 2 heterocycles. The first kappa shape index (κ1) is 17.6. The minimum Gasteiger partial charge on any atom is -0.317 e. The van der Waals surface area contributed by atoms with Crippen LogP contribution in [0.4, 0.5) is 0 Å². The average Bonchev–Trinajstić information content (AvgIpc) is 2.60. The normalized spacial score (nSPS) is 16.2. The molecule has 1 N–H and O–H groups in total. The van der Waals surface area contributed by atoms with Gasteiger partial charge < -0.3 is 5.32 Å². The second kappa shape index (κ2) is 8.22. The van der Waals surface area contributed by atoms with Crippen molar-refractivity contribution in [3.05, 3.63) is 40.3 Å². The van der Waals surface area contributed by atoms with Crippen molar-refractivity contribution < 1.29 is 0 Å². The van der Waals surface area contributed by atoms with E-state index in [1.165, 1.54) is 6.20 Å². The van der Waals surface area contributed by atoms with E-state index in [0.29, 0.717) is 12.7 Å². The minimum atomic E-state index is -0.0242. The summed E-state index contributed by atoms with van der Waals surface area (Å²) in [7, 11) is 2.02. The van der Waals surface area contributed by atoms with E-state index in [9.17, 15) is 4.79 Å². The third-order valence-electron chi connectivity index (χ3n) is 4.34. The molecule has 0 bridgehead atoms. The highest BCUT2D eigenvalue weighted by Gasteiger charge is 2.18. The van der Waals surface area contributed by atoms with Gasteiger partial charge in [0.15, 0.2) is 0 Å². The number of aromatic nitrogens is 2. The summed E-state index contributed by atoms with van der Waals surface area (Å²) in [6.07, 6.45) is 3.69. The predicted octanol–water partition coefficient (Wildman–Crippen LogP) is 2.37. The predicted molar refractivity (Wildman–Crippen MR) is 95.7 cm³/mol. The Hall–Kier alpha value is -1.72. The first-order valence-corrected chi connectivity index (χ1v) is 8.53. The molecule has 0 radical (unpaired) electrons. The highest BCUT2D eigenvalue weighted by molar-refractivity contribution is 5.75. The Bertz CT molecular complexity index is 687. The van der Waals surface area contributed by atoms with Gasteiger partial charge in [-0.05, 0) is 44.5 Å². The van der Waals surface area contributed by atoms with Crippen LogP contribution in [0.15, 0.2) is 29.2 Å². The lowest BCUT2D eigenvalue weighted by atomic mass is 10.1. The van der Waals surface area contributed by atoms with Gasteiger partial charge in [-0.25, -0.2) is 4.98 Å². The topological polar surface area (TPSA) is 50.2 Å². The van der Waals surface area contributed by atoms with E-state index in [-0.39, 0.29) is 5.56 Å². The number of rotatable bonds is 3. The summed E-state index contributed by atoms with van der Waals surface area (Å²) in [6, 6.07) is 6.66. The maximum Gasteiger partial charge on any atom is 0.270 e. The molecule has 23 heavy (non-hydrogen) atoms. The number of likely N-dealkylation sites (tertiary alicyclic amines) is 1. The first-order valence-electron chi connectivity index (χ1n) is 8.53. The van der Waals surface area contributed by atoms with E-state index in [4.69, 9.17) is 0 Å². The van der Waals surface area contributed by atoms with Crippen LogP contribution in [0.1, 0.15) is 32.3 Å². The van der Waals surface area contributed by atoms with Gasteiger partial charge in [-0.3, -0.25) is 14.3 Å². The van der Waals surface area contributed by atoms with Gasteiger partial charge in [0.25, 0.3) is 5.56 Å². The summed E-state index contributed by atoms with van der Waals surface area (Å²) in [5.41, 5.74) is 2.94. The molecule has 0 spiro atoms. The molecule has 0 atom stereocenters. The van der Waals surface area contributed by atoms with Crippen molar-refractivity contribution in [2.24, 2.45) is 0 Å². The fourth-order valence-corrected chi connectivity index (χ4v) is 2.98. The largest absolute Gasteiger partial charge is 0.317 e. The Balaban J connectivity index is 0.000000924. The van der Waals surface area contributed by atoms with Crippen molar-refractivity contribution >= 4 is 11.0 Å². The third kappa shape index (κ3) is 4.18. The fraction of sp³-hybridized carbons (Fsp3) is 0.556. The van der Waals surface area contributed by atoms with Gasteiger partial charge in [0.2, 0.25) is 0 Å². The SMILES string of the molecule is CC.CNC1CCN(Cn2c(=O)cnc3ccc(C)cc32)CC1. The molecule has 5 nitrogen and oxygen atoms in total. The molecule has 3 rings (SSSR count). The number of nitrogens with zero attached hydrogens (tertiary/aromatic N) is 3. The van der Waals surface area contributed by atoms with Gasteiger partial charge in [-0.15, -0.1) is 0 Å². The Morgan fingerprint density at radius 2 is 1.96 bits per heavy atom. The number of hydrogen-bond donors (Lipinski definition) is 1. The van der Waals surface area contributed by atoms with E-state index in [2.05, 4.69) is 15.2 Å². The molecular formula is C18H28N4O. The van der Waals surface area contributed by atoms with E-state index < -0.39 is 0 Å². The van der Waals surface area contributed by atoms with Crippen LogP contribution < -0.4 is 10.9 Å². The maximum atomic E-state index is 12.2. The lowest BCUT2D eigenvalue weighted by Gasteiger charge is -2.32. The minimum absolute atomic E-state index is 0.0242.